The summed E-state index contributed by atoms with van der Waals surface area (Å²) in [7, 11) is -3.20. The van der Waals surface area contributed by atoms with E-state index in [1.54, 1.807) is 16.6 Å². The van der Waals surface area contributed by atoms with E-state index in [0.29, 0.717) is 29.5 Å². The third kappa shape index (κ3) is 5.09. The highest BCUT2D eigenvalue weighted by Gasteiger charge is 2.14. The number of aromatic nitrogens is 4. The summed E-state index contributed by atoms with van der Waals surface area (Å²) in [4.78, 5) is 21.9. The van der Waals surface area contributed by atoms with Crippen molar-refractivity contribution in [3.8, 4) is 0 Å². The second-order valence-electron chi connectivity index (χ2n) is 7.13. The van der Waals surface area contributed by atoms with Crippen molar-refractivity contribution in [1.29, 1.82) is 0 Å². The summed E-state index contributed by atoms with van der Waals surface area (Å²) < 4.78 is 26.4. The number of Topliss-reactive ketones (excluding diaryl/α,β-unsaturated/α-hetero) is 1. The van der Waals surface area contributed by atoms with Gasteiger partial charge < -0.3 is 0 Å². The molecule has 0 spiro atoms. The van der Waals surface area contributed by atoms with Crippen LogP contribution in [0.15, 0.2) is 53.7 Å². The standard InChI is InChI=1S/C21H21N5O3S2/c1-14-23-20-17-5-3-4-6-18(17)24-21(26(20)25-14)30-13-19(27)16-9-7-15(8-10-16)11-12-22-31(2,28)29/h3-10,22H,11-13H2,1-2H3. The zero-order valence-electron chi connectivity index (χ0n) is 17.1. The van der Waals surface area contributed by atoms with Crippen LogP contribution in [0.1, 0.15) is 21.7 Å². The molecule has 0 bridgehead atoms. The van der Waals surface area contributed by atoms with Gasteiger partial charge in [-0.15, -0.1) is 5.10 Å². The lowest BCUT2D eigenvalue weighted by molar-refractivity contribution is 0.102. The molecule has 160 valence electrons. The van der Waals surface area contributed by atoms with Gasteiger partial charge in [-0.3, -0.25) is 4.79 Å². The average molecular weight is 456 g/mol. The molecule has 1 N–H and O–H groups in total. The van der Waals surface area contributed by atoms with E-state index in [1.165, 1.54) is 11.8 Å². The Kier molecular flexibility index (Phi) is 6.03. The van der Waals surface area contributed by atoms with Crippen molar-refractivity contribution in [2.45, 2.75) is 18.5 Å². The van der Waals surface area contributed by atoms with Crippen molar-refractivity contribution in [3.05, 3.63) is 65.5 Å². The number of fused-ring (bicyclic) bond motifs is 3. The summed E-state index contributed by atoms with van der Waals surface area (Å²) in [6, 6.07) is 14.9. The number of carbonyl (C=O) groups is 1. The Hall–Kier alpha value is -2.82. The summed E-state index contributed by atoms with van der Waals surface area (Å²) in [6.45, 7) is 2.15. The number of rotatable bonds is 8. The molecule has 0 unspecified atom stereocenters. The van der Waals surface area contributed by atoms with E-state index in [9.17, 15) is 13.2 Å². The lowest BCUT2D eigenvalue weighted by atomic mass is 10.1. The lowest BCUT2D eigenvalue weighted by Gasteiger charge is -2.07. The average Bonchev–Trinajstić information content (AvgIpc) is 3.13. The summed E-state index contributed by atoms with van der Waals surface area (Å²) in [6.07, 6.45) is 1.69. The van der Waals surface area contributed by atoms with Crippen LogP contribution < -0.4 is 4.72 Å². The molecule has 0 fully saturated rings. The van der Waals surface area contributed by atoms with E-state index in [1.807, 2.05) is 43.3 Å². The number of ketones is 1. The molecule has 0 atom stereocenters. The number of hydrogen-bond donors (Lipinski definition) is 1. The van der Waals surface area contributed by atoms with Crippen LogP contribution in [0, 0.1) is 6.92 Å². The normalized spacial score (nSPS) is 11.9. The van der Waals surface area contributed by atoms with Gasteiger partial charge in [-0.1, -0.05) is 48.2 Å². The van der Waals surface area contributed by atoms with Gasteiger partial charge in [0, 0.05) is 17.5 Å². The first kappa shape index (κ1) is 21.4. The van der Waals surface area contributed by atoms with Crippen LogP contribution in [0.4, 0.5) is 0 Å². The molecule has 0 saturated carbocycles. The molecular weight excluding hydrogens is 434 g/mol. The van der Waals surface area contributed by atoms with Crippen molar-refractivity contribution >= 4 is 44.1 Å². The molecule has 0 saturated heterocycles. The third-order valence-electron chi connectivity index (χ3n) is 4.64. The minimum absolute atomic E-state index is 0.0224. The van der Waals surface area contributed by atoms with Gasteiger partial charge in [0.1, 0.15) is 5.82 Å². The predicted molar refractivity (Wildman–Crippen MR) is 121 cm³/mol. The molecule has 2 aromatic carbocycles. The van der Waals surface area contributed by atoms with Crippen LogP contribution in [-0.4, -0.2) is 52.3 Å². The lowest BCUT2D eigenvalue weighted by Crippen LogP contribution is -2.24. The number of hydrogen-bond acceptors (Lipinski definition) is 7. The third-order valence-corrected chi connectivity index (χ3v) is 6.30. The molecular formula is C21H21N5O3S2. The Morgan fingerprint density at radius 2 is 1.84 bits per heavy atom. The van der Waals surface area contributed by atoms with Gasteiger partial charge in [0.05, 0.1) is 17.5 Å². The molecule has 0 aliphatic carbocycles. The van der Waals surface area contributed by atoms with E-state index in [-0.39, 0.29) is 11.5 Å². The fraction of sp³-hybridized carbons (Fsp3) is 0.238. The van der Waals surface area contributed by atoms with E-state index < -0.39 is 10.0 Å². The fourth-order valence-corrected chi connectivity index (χ4v) is 4.49. The van der Waals surface area contributed by atoms with Crippen LogP contribution in [0.2, 0.25) is 0 Å². The highest BCUT2D eigenvalue weighted by molar-refractivity contribution is 7.99. The van der Waals surface area contributed by atoms with Crippen LogP contribution in [-0.2, 0) is 16.4 Å². The molecule has 31 heavy (non-hydrogen) atoms. The van der Waals surface area contributed by atoms with Crippen molar-refractivity contribution in [2.75, 3.05) is 18.6 Å². The number of carbonyl (C=O) groups excluding carboxylic acids is 1. The molecule has 8 nitrogen and oxygen atoms in total. The van der Waals surface area contributed by atoms with Gasteiger partial charge in [-0.05, 0) is 31.0 Å². The first-order chi connectivity index (χ1) is 14.8. The predicted octanol–water partition coefficient (Wildman–Crippen LogP) is 2.65. The number of sulfonamides is 1. The summed E-state index contributed by atoms with van der Waals surface area (Å²) in [5.74, 6) is 0.840. The quantitative estimate of drug-likeness (QED) is 0.247. The summed E-state index contributed by atoms with van der Waals surface area (Å²) >= 11 is 1.32. The Morgan fingerprint density at radius 1 is 1.10 bits per heavy atom. The molecule has 10 heteroatoms. The van der Waals surface area contributed by atoms with E-state index in [4.69, 9.17) is 0 Å². The summed E-state index contributed by atoms with van der Waals surface area (Å²) in [5, 5.41) is 5.97. The minimum Gasteiger partial charge on any atom is -0.293 e. The number of nitrogens with zero attached hydrogens (tertiary/aromatic N) is 4. The molecule has 0 aliphatic rings. The molecule has 0 radical (unpaired) electrons. The van der Waals surface area contributed by atoms with Crippen molar-refractivity contribution in [2.24, 2.45) is 0 Å². The second-order valence-corrected chi connectivity index (χ2v) is 9.91. The van der Waals surface area contributed by atoms with Gasteiger partial charge in [0.2, 0.25) is 10.0 Å². The van der Waals surface area contributed by atoms with Crippen LogP contribution >= 0.6 is 11.8 Å². The summed E-state index contributed by atoms with van der Waals surface area (Å²) in [5.41, 5.74) is 3.09. The highest BCUT2D eigenvalue weighted by atomic mass is 32.2. The topological polar surface area (TPSA) is 106 Å². The van der Waals surface area contributed by atoms with Gasteiger partial charge in [0.25, 0.3) is 0 Å². The van der Waals surface area contributed by atoms with Crippen LogP contribution in [0.5, 0.6) is 0 Å². The molecule has 4 aromatic rings. The number of benzene rings is 2. The first-order valence-electron chi connectivity index (χ1n) is 9.62. The zero-order valence-corrected chi connectivity index (χ0v) is 18.7. The Morgan fingerprint density at radius 3 is 2.58 bits per heavy atom. The number of thioether (sulfide) groups is 1. The van der Waals surface area contributed by atoms with Crippen molar-refractivity contribution in [1.82, 2.24) is 24.3 Å². The minimum atomic E-state index is -3.20. The molecule has 0 aliphatic heterocycles. The van der Waals surface area contributed by atoms with Crippen LogP contribution in [0.3, 0.4) is 0 Å². The Balaban J connectivity index is 1.46. The van der Waals surface area contributed by atoms with E-state index >= 15 is 0 Å². The van der Waals surface area contributed by atoms with Crippen molar-refractivity contribution in [3.63, 3.8) is 0 Å². The molecule has 2 heterocycles. The fourth-order valence-electron chi connectivity index (χ4n) is 3.18. The number of para-hydroxylation sites is 1. The SMILES string of the molecule is Cc1nc2c3ccccc3nc(SCC(=O)c3ccc(CCNS(C)(=O)=O)cc3)n2n1. The van der Waals surface area contributed by atoms with E-state index in [0.717, 1.165) is 28.4 Å². The van der Waals surface area contributed by atoms with Crippen molar-refractivity contribution < 1.29 is 13.2 Å². The van der Waals surface area contributed by atoms with Crippen LogP contribution in [0.25, 0.3) is 16.6 Å². The van der Waals surface area contributed by atoms with E-state index in [2.05, 4.69) is 19.8 Å². The molecule has 2 aromatic heterocycles. The van der Waals surface area contributed by atoms with Gasteiger partial charge >= 0.3 is 0 Å². The molecule has 0 amide bonds. The maximum absolute atomic E-state index is 12.7. The van der Waals surface area contributed by atoms with Gasteiger partial charge in [-0.25, -0.2) is 23.1 Å². The number of nitrogens with one attached hydrogen (secondary N) is 1. The maximum Gasteiger partial charge on any atom is 0.208 e. The Labute approximate surface area is 184 Å². The Bertz CT molecular complexity index is 1370. The zero-order chi connectivity index (χ0) is 22.0. The smallest absolute Gasteiger partial charge is 0.208 e. The monoisotopic (exact) mass is 455 g/mol. The van der Waals surface area contributed by atoms with Gasteiger partial charge in [-0.2, -0.15) is 4.52 Å². The van der Waals surface area contributed by atoms with Gasteiger partial charge in [0.15, 0.2) is 16.6 Å². The number of aryl methyl sites for hydroxylation is 1. The first-order valence-corrected chi connectivity index (χ1v) is 12.5. The molecule has 4 rings (SSSR count). The maximum atomic E-state index is 12.7. The largest absolute Gasteiger partial charge is 0.293 e. The highest BCUT2D eigenvalue weighted by Crippen LogP contribution is 2.24. The second kappa shape index (κ2) is 8.74.